The highest BCUT2D eigenvalue weighted by Gasteiger charge is 2.88. The molecule has 0 unspecified atom stereocenters. The van der Waals surface area contributed by atoms with Gasteiger partial charge in [0, 0.05) is 30.3 Å². The summed E-state index contributed by atoms with van der Waals surface area (Å²) in [5.74, 6) is 6.66. The van der Waals surface area contributed by atoms with E-state index in [4.69, 9.17) is 9.47 Å². The van der Waals surface area contributed by atoms with Crippen molar-refractivity contribution in [2.45, 2.75) is 24.7 Å². The molecule has 0 amide bonds. The summed E-state index contributed by atoms with van der Waals surface area (Å²) < 4.78 is 12.7. The second-order valence-electron chi connectivity index (χ2n) is 8.93. The minimum atomic E-state index is -0.159. The molecule has 5 saturated carbocycles. The second-order valence-corrected chi connectivity index (χ2v) is 8.93. The van der Waals surface area contributed by atoms with Gasteiger partial charge in [-0.15, -0.1) is 0 Å². The normalized spacial score (nSPS) is 53.4. The summed E-state index contributed by atoms with van der Waals surface area (Å²) in [4.78, 5) is 4.24. The molecule has 126 valence electrons. The zero-order valence-corrected chi connectivity index (χ0v) is 13.8. The van der Waals surface area contributed by atoms with Gasteiger partial charge in [0.1, 0.15) is 0 Å². The van der Waals surface area contributed by atoms with Crippen LogP contribution in [0.4, 0.5) is 0 Å². The van der Waals surface area contributed by atoms with Crippen molar-refractivity contribution in [1.29, 1.82) is 0 Å². The average Bonchev–Trinajstić information content (AvgIpc) is 3.27. The van der Waals surface area contributed by atoms with Crippen molar-refractivity contribution in [3.63, 3.8) is 0 Å². The fraction of sp³-hybridized carbons (Fsp3) is 0.750. The summed E-state index contributed by atoms with van der Waals surface area (Å²) in [6.45, 7) is 2.72. The third-order valence-electron chi connectivity index (χ3n) is 8.64. The van der Waals surface area contributed by atoms with Crippen LogP contribution in [-0.2, 0) is 15.9 Å². The number of nitrogens with zero attached hydrogens (tertiary/aromatic N) is 1. The molecule has 6 fully saturated rings. The van der Waals surface area contributed by atoms with Gasteiger partial charge in [0.25, 0.3) is 0 Å². The molecular weight excluding hydrogens is 300 g/mol. The number of rotatable bonds is 4. The molecular formula is C20H24N2O2. The maximum Gasteiger partial charge on any atom is 0.175 e. The van der Waals surface area contributed by atoms with Gasteiger partial charge in [-0.05, 0) is 66.5 Å². The predicted octanol–water partition coefficient (Wildman–Crippen LogP) is 1.71. The van der Waals surface area contributed by atoms with E-state index in [1.807, 2.05) is 18.5 Å². The van der Waals surface area contributed by atoms with E-state index in [1.165, 1.54) is 12.0 Å². The molecule has 0 radical (unpaired) electrons. The van der Waals surface area contributed by atoms with E-state index in [0.717, 1.165) is 61.7 Å². The minimum absolute atomic E-state index is 0.159. The average molecular weight is 324 g/mol. The number of aromatic nitrogens is 1. The molecule has 1 aliphatic heterocycles. The predicted molar refractivity (Wildman–Crippen MR) is 86.9 cm³/mol. The lowest BCUT2D eigenvalue weighted by atomic mass is 9.57. The van der Waals surface area contributed by atoms with Crippen LogP contribution in [0.3, 0.4) is 0 Å². The summed E-state index contributed by atoms with van der Waals surface area (Å²) in [5, 5.41) is 3.97. The summed E-state index contributed by atoms with van der Waals surface area (Å²) in [7, 11) is 0. The van der Waals surface area contributed by atoms with Crippen molar-refractivity contribution in [3.05, 3.63) is 30.1 Å². The number of fused-ring (bicyclic) bond motifs is 4. The van der Waals surface area contributed by atoms with Gasteiger partial charge in [0.2, 0.25) is 0 Å². The van der Waals surface area contributed by atoms with Gasteiger partial charge in [-0.2, -0.15) is 0 Å². The van der Waals surface area contributed by atoms with Crippen LogP contribution in [0.5, 0.6) is 0 Å². The molecule has 5 aliphatic carbocycles. The molecule has 1 spiro atoms. The first-order valence-electron chi connectivity index (χ1n) is 9.80. The quantitative estimate of drug-likeness (QED) is 0.916. The minimum Gasteiger partial charge on any atom is -0.347 e. The van der Waals surface area contributed by atoms with Crippen molar-refractivity contribution in [3.8, 4) is 0 Å². The highest BCUT2D eigenvalue weighted by Crippen LogP contribution is 2.86. The lowest BCUT2D eigenvalue weighted by Gasteiger charge is -2.54. The largest absolute Gasteiger partial charge is 0.347 e. The number of ether oxygens (including phenoxy) is 2. The van der Waals surface area contributed by atoms with Gasteiger partial charge in [-0.3, -0.25) is 4.98 Å². The fourth-order valence-electron chi connectivity index (χ4n) is 8.51. The number of pyridine rings is 1. The Morgan fingerprint density at radius 1 is 1.08 bits per heavy atom. The van der Waals surface area contributed by atoms with Crippen molar-refractivity contribution in [2.24, 2.45) is 47.3 Å². The molecule has 24 heavy (non-hydrogen) atoms. The van der Waals surface area contributed by atoms with Gasteiger partial charge in [-0.1, -0.05) is 6.07 Å². The summed E-state index contributed by atoms with van der Waals surface area (Å²) >= 11 is 0. The van der Waals surface area contributed by atoms with Crippen LogP contribution < -0.4 is 5.32 Å². The van der Waals surface area contributed by atoms with E-state index in [9.17, 15) is 0 Å². The van der Waals surface area contributed by atoms with Crippen LogP contribution in [0.25, 0.3) is 0 Å². The maximum atomic E-state index is 6.33. The van der Waals surface area contributed by atoms with Crippen LogP contribution >= 0.6 is 0 Å². The molecule has 2 heterocycles. The van der Waals surface area contributed by atoms with Gasteiger partial charge < -0.3 is 14.8 Å². The number of nitrogens with one attached hydrogen (secondary N) is 1. The van der Waals surface area contributed by atoms with E-state index in [-0.39, 0.29) is 5.79 Å². The van der Waals surface area contributed by atoms with Crippen LogP contribution in [0.2, 0.25) is 0 Å². The Balaban J connectivity index is 1.15. The standard InChI is InChI=1S/C20H24N2O2/c1-2-10(9-21-4-1)3-5-22-19-15-11-8-12-14-13(11)16(19)18(14)20(17(12)15)23-6-7-24-20/h1-2,4,9,11-19,22H,3,5-8H2/t11-,12+,13-,14+,15+,16-,17-,18+,19-/m0/s1. The zero-order valence-electron chi connectivity index (χ0n) is 13.8. The summed E-state index contributed by atoms with van der Waals surface area (Å²) in [6, 6.07) is 4.94. The first-order chi connectivity index (χ1) is 11.9. The number of hydrogen-bond donors (Lipinski definition) is 1. The molecule has 1 N–H and O–H groups in total. The maximum absolute atomic E-state index is 6.33. The molecule has 1 saturated heterocycles. The molecule has 9 atom stereocenters. The van der Waals surface area contributed by atoms with Gasteiger partial charge in [-0.25, -0.2) is 0 Å². The van der Waals surface area contributed by atoms with E-state index in [1.54, 1.807) is 0 Å². The van der Waals surface area contributed by atoms with Crippen molar-refractivity contribution in [2.75, 3.05) is 19.8 Å². The van der Waals surface area contributed by atoms with Crippen LogP contribution in [0, 0.1) is 47.3 Å². The van der Waals surface area contributed by atoms with Crippen molar-refractivity contribution >= 4 is 0 Å². The van der Waals surface area contributed by atoms with Gasteiger partial charge >= 0.3 is 0 Å². The first-order valence-corrected chi connectivity index (χ1v) is 9.80. The van der Waals surface area contributed by atoms with E-state index in [0.29, 0.717) is 17.9 Å². The Hall–Kier alpha value is -0.970. The highest BCUT2D eigenvalue weighted by atomic mass is 16.7. The smallest absolute Gasteiger partial charge is 0.175 e. The Morgan fingerprint density at radius 2 is 2.00 bits per heavy atom. The Morgan fingerprint density at radius 3 is 2.83 bits per heavy atom. The molecule has 2 bridgehead atoms. The first kappa shape index (κ1) is 13.3. The van der Waals surface area contributed by atoms with Crippen molar-refractivity contribution in [1.82, 2.24) is 10.3 Å². The topological polar surface area (TPSA) is 43.4 Å². The molecule has 1 aromatic rings. The summed E-state index contributed by atoms with van der Waals surface area (Å²) in [5.41, 5.74) is 1.34. The second kappa shape index (κ2) is 4.22. The highest BCUT2D eigenvalue weighted by molar-refractivity contribution is 5.34. The van der Waals surface area contributed by atoms with E-state index in [2.05, 4.69) is 16.4 Å². The van der Waals surface area contributed by atoms with Crippen molar-refractivity contribution < 1.29 is 9.47 Å². The molecule has 1 aromatic heterocycles. The zero-order chi connectivity index (χ0) is 15.5. The Labute approximate surface area is 142 Å². The third-order valence-corrected chi connectivity index (χ3v) is 8.64. The molecule has 4 nitrogen and oxygen atoms in total. The lowest BCUT2D eigenvalue weighted by Crippen LogP contribution is -2.62. The monoisotopic (exact) mass is 324 g/mol. The third kappa shape index (κ3) is 1.25. The van der Waals surface area contributed by atoms with Crippen LogP contribution in [-0.4, -0.2) is 36.6 Å². The van der Waals surface area contributed by atoms with Crippen LogP contribution in [0.1, 0.15) is 12.0 Å². The fourth-order valence-corrected chi connectivity index (χ4v) is 8.51. The summed E-state index contributed by atoms with van der Waals surface area (Å²) in [6.07, 6.45) is 6.40. The molecule has 0 aromatic carbocycles. The van der Waals surface area contributed by atoms with E-state index < -0.39 is 0 Å². The molecule has 4 heteroatoms. The van der Waals surface area contributed by atoms with Gasteiger partial charge in [0.05, 0.1) is 13.2 Å². The SMILES string of the molecule is c1cncc(CCN[C@@H]2[C@H]3[C@H]4[C@@H]5C[C@@H]6[C@H]4[C@H]3C3(OCCO3)[C@@H]6[C@@H]52)c1. The Kier molecular flexibility index (Phi) is 2.33. The van der Waals surface area contributed by atoms with E-state index >= 15 is 0 Å². The lowest BCUT2D eigenvalue weighted by molar-refractivity contribution is -0.264. The molecule has 7 rings (SSSR count). The Bertz CT molecular complexity index is 688. The molecule has 6 aliphatic rings. The number of hydrogen-bond acceptors (Lipinski definition) is 4. The van der Waals surface area contributed by atoms with Gasteiger partial charge in [0.15, 0.2) is 5.79 Å². The van der Waals surface area contributed by atoms with Crippen LogP contribution in [0.15, 0.2) is 24.5 Å².